The molecule has 0 saturated heterocycles. The zero-order chi connectivity index (χ0) is 22.2. The van der Waals surface area contributed by atoms with Crippen LogP contribution in [0, 0.1) is 24.2 Å². The average molecular weight is 624 g/mol. The summed E-state index contributed by atoms with van der Waals surface area (Å²) in [6.45, 7) is 1.79. The van der Waals surface area contributed by atoms with Gasteiger partial charge in [0.1, 0.15) is 11.9 Å². The Kier molecular flexibility index (Phi) is 6.83. The Morgan fingerprint density at radius 1 is 0.938 bits per heavy atom. The predicted octanol–water partition coefficient (Wildman–Crippen LogP) is 4.77. The summed E-state index contributed by atoms with van der Waals surface area (Å²) in [6.07, 6.45) is -2.18. The summed E-state index contributed by atoms with van der Waals surface area (Å²) in [4.78, 5) is 11.9. The number of nitrogens with zero attached hydrogens (tertiary/aromatic N) is 5. The molecule has 4 aromatic heterocycles. The maximum atomic E-state index is 14.0. The van der Waals surface area contributed by atoms with Crippen molar-refractivity contribution < 1.29 is 43.0 Å². The average Bonchev–Trinajstić information content (AvgIpc) is 3.24. The van der Waals surface area contributed by atoms with Crippen LogP contribution in [0.4, 0.5) is 22.0 Å². The normalized spacial score (nSPS) is 12.3. The van der Waals surface area contributed by atoms with E-state index in [1.165, 1.54) is 12.1 Å². The molecule has 0 fully saturated rings. The van der Waals surface area contributed by atoms with Crippen LogP contribution in [0.2, 0.25) is 0 Å². The topological polar surface area (TPSA) is 56.5 Å². The zero-order valence-electron chi connectivity index (χ0n) is 16.1. The van der Waals surface area contributed by atoms with Crippen molar-refractivity contribution >= 4 is 0 Å². The van der Waals surface area contributed by atoms with Gasteiger partial charge in [0.05, 0.1) is 11.5 Å². The fraction of sp³-hybridized carbons (Fsp3) is 0.143. The first kappa shape index (κ1) is 23.7. The first-order chi connectivity index (χ1) is 14.7. The number of aromatic nitrogens is 5. The van der Waals surface area contributed by atoms with Crippen molar-refractivity contribution in [2.75, 3.05) is 0 Å². The molecule has 0 aromatic carbocycles. The predicted molar refractivity (Wildman–Crippen MR) is 98.9 cm³/mol. The summed E-state index contributed by atoms with van der Waals surface area (Å²) in [5.41, 5.74) is 0.0676. The second-order valence-corrected chi connectivity index (χ2v) is 6.55. The largest absolute Gasteiger partial charge is 2.00 e. The van der Waals surface area contributed by atoms with Crippen molar-refractivity contribution in [2.45, 2.75) is 19.0 Å². The fourth-order valence-electron chi connectivity index (χ4n) is 2.88. The Hall–Kier alpha value is -3.00. The molecule has 1 unspecified atom stereocenters. The van der Waals surface area contributed by atoms with E-state index in [-0.39, 0.29) is 38.1 Å². The first-order valence-corrected chi connectivity index (χ1v) is 8.95. The molecule has 0 bridgehead atoms. The van der Waals surface area contributed by atoms with Gasteiger partial charge in [0.2, 0.25) is 0 Å². The Labute approximate surface area is 193 Å². The number of halogens is 5. The van der Waals surface area contributed by atoms with Gasteiger partial charge in [-0.1, -0.05) is 49.0 Å². The molecule has 0 aliphatic heterocycles. The molecule has 1 atom stereocenters. The van der Waals surface area contributed by atoms with E-state index >= 15 is 0 Å². The van der Waals surface area contributed by atoms with Crippen LogP contribution in [0.5, 0.6) is 0 Å². The van der Waals surface area contributed by atoms with E-state index in [2.05, 4.69) is 32.3 Å². The third-order valence-corrected chi connectivity index (χ3v) is 4.46. The molecule has 4 aromatic rings. The van der Waals surface area contributed by atoms with Gasteiger partial charge >= 0.3 is 27.2 Å². The van der Waals surface area contributed by atoms with Crippen LogP contribution in [0.1, 0.15) is 29.9 Å². The van der Waals surface area contributed by atoms with E-state index < -0.39 is 29.7 Å². The van der Waals surface area contributed by atoms with Gasteiger partial charge in [0, 0.05) is 17.3 Å². The Morgan fingerprint density at radius 3 is 2.28 bits per heavy atom. The molecular weight excluding hydrogens is 612 g/mol. The summed E-state index contributed by atoms with van der Waals surface area (Å²) in [7, 11) is 0. The summed E-state index contributed by atoms with van der Waals surface area (Å²) in [5, 5.41) is 3.47. The molecule has 32 heavy (non-hydrogen) atoms. The quantitative estimate of drug-likeness (QED) is 0.187. The van der Waals surface area contributed by atoms with Gasteiger partial charge in [0.25, 0.3) is 0 Å². The Bertz CT molecular complexity index is 1240. The summed E-state index contributed by atoms with van der Waals surface area (Å²) in [6, 6.07) is 13.8. The van der Waals surface area contributed by atoms with E-state index in [9.17, 15) is 22.0 Å². The van der Waals surface area contributed by atoms with Crippen molar-refractivity contribution in [2.24, 2.45) is 0 Å². The van der Waals surface area contributed by atoms with Crippen LogP contribution in [0.3, 0.4) is 0 Å². The molecule has 4 heterocycles. The SMILES string of the molecule is CC(c1cccc(-c2[c-]cc(F)nc2F)n1)c1cccc(-n2[c-]cc(C(F)(F)F)n2)n1.[Pt+2]. The molecule has 11 heteroatoms. The maximum absolute atomic E-state index is 14.0. The van der Waals surface area contributed by atoms with Crippen LogP contribution in [0.15, 0.2) is 48.5 Å². The second-order valence-electron chi connectivity index (χ2n) is 6.55. The molecule has 5 nitrogen and oxygen atoms in total. The molecule has 0 radical (unpaired) electrons. The van der Waals surface area contributed by atoms with Crippen LogP contribution < -0.4 is 0 Å². The smallest absolute Gasteiger partial charge is 0.343 e. The van der Waals surface area contributed by atoms with Gasteiger partial charge in [-0.05, 0) is 17.8 Å². The van der Waals surface area contributed by atoms with E-state index in [1.54, 1.807) is 31.2 Å². The van der Waals surface area contributed by atoms with Crippen molar-refractivity contribution in [1.29, 1.82) is 0 Å². The van der Waals surface area contributed by atoms with Gasteiger partial charge < -0.3 is 9.67 Å². The van der Waals surface area contributed by atoms with E-state index in [0.717, 1.165) is 16.8 Å². The standard InChI is InChI=1S/C21H12F5N5.Pt/c1-12(14-4-2-6-16(27-14)13-8-9-18(22)29-20(13)23)15-5-3-7-19(28-15)31-11-10-17(30-31)21(24,25)26;/h2-7,9-10,12H,1H3;/q-2;+2. The van der Waals surface area contributed by atoms with Gasteiger partial charge in [-0.25, -0.2) is 8.78 Å². The number of hydrogen-bond donors (Lipinski definition) is 0. The van der Waals surface area contributed by atoms with Crippen LogP contribution in [-0.2, 0) is 27.2 Å². The maximum Gasteiger partial charge on any atom is 2.00 e. The minimum absolute atomic E-state index is 0. The van der Waals surface area contributed by atoms with Crippen molar-refractivity contribution in [3.8, 4) is 17.1 Å². The second kappa shape index (κ2) is 9.24. The molecule has 0 N–H and O–H groups in total. The van der Waals surface area contributed by atoms with Gasteiger partial charge in [-0.15, -0.1) is 12.1 Å². The van der Waals surface area contributed by atoms with Crippen molar-refractivity contribution in [3.63, 3.8) is 0 Å². The monoisotopic (exact) mass is 624 g/mol. The zero-order valence-corrected chi connectivity index (χ0v) is 18.4. The van der Waals surface area contributed by atoms with E-state index in [4.69, 9.17) is 0 Å². The minimum atomic E-state index is -4.58. The molecule has 166 valence electrons. The molecule has 0 aliphatic carbocycles. The minimum Gasteiger partial charge on any atom is -0.343 e. The Balaban J connectivity index is 0.00000289. The molecular formula is C21H12F5N5Pt. The third kappa shape index (κ3) is 4.90. The van der Waals surface area contributed by atoms with Crippen LogP contribution in [-0.4, -0.2) is 24.7 Å². The molecule has 0 amide bonds. The molecule has 0 saturated carbocycles. The van der Waals surface area contributed by atoms with Crippen LogP contribution in [0.25, 0.3) is 17.1 Å². The summed E-state index contributed by atoms with van der Waals surface area (Å²) in [5.74, 6) is -2.27. The van der Waals surface area contributed by atoms with E-state index in [1.807, 2.05) is 0 Å². The first-order valence-electron chi connectivity index (χ1n) is 8.95. The van der Waals surface area contributed by atoms with Crippen LogP contribution >= 0.6 is 0 Å². The third-order valence-electron chi connectivity index (χ3n) is 4.46. The molecule has 0 spiro atoms. The number of rotatable bonds is 4. The van der Waals surface area contributed by atoms with Crippen molar-refractivity contribution in [1.82, 2.24) is 24.7 Å². The number of alkyl halides is 3. The summed E-state index contributed by atoms with van der Waals surface area (Å²) >= 11 is 0. The van der Waals surface area contributed by atoms with E-state index in [0.29, 0.717) is 11.4 Å². The fourth-order valence-corrected chi connectivity index (χ4v) is 2.88. The number of pyridine rings is 3. The Morgan fingerprint density at radius 2 is 1.62 bits per heavy atom. The summed E-state index contributed by atoms with van der Waals surface area (Å²) < 4.78 is 66.3. The van der Waals surface area contributed by atoms with Gasteiger partial charge in [0.15, 0.2) is 0 Å². The van der Waals surface area contributed by atoms with Gasteiger partial charge in [-0.2, -0.15) is 13.2 Å². The number of hydrogen-bond acceptors (Lipinski definition) is 4. The molecule has 0 aliphatic rings. The van der Waals surface area contributed by atoms with Crippen molar-refractivity contribution in [3.05, 3.63) is 89.8 Å². The van der Waals surface area contributed by atoms with Gasteiger partial charge in [-0.3, -0.25) is 15.1 Å². The molecule has 4 rings (SSSR count).